The molecule has 1 atom stereocenters. The average Bonchev–Trinajstić information content (AvgIpc) is 2.26. The maximum Gasteiger partial charge on any atom is 0.163 e. The molecule has 0 saturated heterocycles. The summed E-state index contributed by atoms with van der Waals surface area (Å²) in [6.45, 7) is 7.23. The van der Waals surface area contributed by atoms with Gasteiger partial charge in [0.15, 0.2) is 5.78 Å². The van der Waals surface area contributed by atoms with Crippen LogP contribution in [0.5, 0.6) is 5.75 Å². The van der Waals surface area contributed by atoms with Crippen LogP contribution in [0.3, 0.4) is 0 Å². The van der Waals surface area contributed by atoms with E-state index in [1.165, 1.54) is 6.92 Å². The van der Waals surface area contributed by atoms with Crippen molar-refractivity contribution in [2.45, 2.75) is 33.3 Å². The molecule has 1 N–H and O–H groups in total. The van der Waals surface area contributed by atoms with Gasteiger partial charge in [-0.2, -0.15) is 0 Å². The molecule has 0 amide bonds. The van der Waals surface area contributed by atoms with E-state index in [1.807, 2.05) is 13.8 Å². The predicted octanol–water partition coefficient (Wildman–Crippen LogP) is 3.44. The first-order valence-electron chi connectivity index (χ1n) is 5.89. The highest BCUT2D eigenvalue weighted by molar-refractivity contribution is 9.10. The molecule has 18 heavy (non-hydrogen) atoms. The minimum absolute atomic E-state index is 0.0540. The van der Waals surface area contributed by atoms with Gasteiger partial charge in [0.2, 0.25) is 0 Å². The smallest absolute Gasteiger partial charge is 0.163 e. The Kier molecular flexibility index (Phi) is 4.93. The average molecular weight is 315 g/mol. The van der Waals surface area contributed by atoms with Crippen LogP contribution in [0.25, 0.3) is 0 Å². The lowest BCUT2D eigenvalue weighted by Crippen LogP contribution is -2.38. The van der Waals surface area contributed by atoms with Gasteiger partial charge < -0.3 is 9.84 Å². The molecule has 0 heterocycles. The first-order chi connectivity index (χ1) is 8.24. The second-order valence-corrected chi connectivity index (χ2v) is 5.91. The fraction of sp³-hybridized carbons (Fsp3) is 0.500. The molecule has 100 valence electrons. The second kappa shape index (κ2) is 5.85. The summed E-state index contributed by atoms with van der Waals surface area (Å²) in [6.07, 6.45) is 0. The van der Waals surface area contributed by atoms with Crippen LogP contribution < -0.4 is 4.74 Å². The molecule has 0 aliphatic carbocycles. The minimum atomic E-state index is -0.920. The SMILES string of the molecule is CC(=O)c1ccc(Br)cc1OCC(C)(O)C(C)C. The van der Waals surface area contributed by atoms with Crippen molar-refractivity contribution in [3.63, 3.8) is 0 Å². The van der Waals surface area contributed by atoms with Crippen LogP contribution in [-0.2, 0) is 0 Å². The monoisotopic (exact) mass is 314 g/mol. The molecule has 0 bridgehead atoms. The van der Waals surface area contributed by atoms with Crippen molar-refractivity contribution in [2.24, 2.45) is 5.92 Å². The number of carbonyl (C=O) groups is 1. The van der Waals surface area contributed by atoms with Gasteiger partial charge >= 0.3 is 0 Å². The summed E-state index contributed by atoms with van der Waals surface area (Å²) in [4.78, 5) is 11.5. The first kappa shape index (κ1) is 15.2. The Morgan fingerprint density at radius 2 is 2.11 bits per heavy atom. The summed E-state index contributed by atoms with van der Waals surface area (Å²) in [5.41, 5.74) is -0.395. The van der Waals surface area contributed by atoms with Crippen LogP contribution in [0.4, 0.5) is 0 Å². The van der Waals surface area contributed by atoms with Crippen LogP contribution in [0.2, 0.25) is 0 Å². The minimum Gasteiger partial charge on any atom is -0.490 e. The normalized spacial score (nSPS) is 14.4. The van der Waals surface area contributed by atoms with Crippen molar-refractivity contribution in [2.75, 3.05) is 6.61 Å². The van der Waals surface area contributed by atoms with Crippen molar-refractivity contribution in [3.8, 4) is 5.75 Å². The van der Waals surface area contributed by atoms with Crippen LogP contribution in [0, 0.1) is 5.92 Å². The van der Waals surface area contributed by atoms with Gasteiger partial charge in [-0.15, -0.1) is 0 Å². The largest absolute Gasteiger partial charge is 0.490 e. The van der Waals surface area contributed by atoms with Crippen LogP contribution in [0.1, 0.15) is 38.1 Å². The van der Waals surface area contributed by atoms with Crippen molar-refractivity contribution in [3.05, 3.63) is 28.2 Å². The Morgan fingerprint density at radius 3 is 2.61 bits per heavy atom. The van der Waals surface area contributed by atoms with Gasteiger partial charge in [0, 0.05) is 4.47 Å². The molecule has 1 aromatic rings. The molecule has 0 saturated carbocycles. The third-order valence-electron chi connectivity index (χ3n) is 3.09. The van der Waals surface area contributed by atoms with Crippen molar-refractivity contribution in [1.82, 2.24) is 0 Å². The van der Waals surface area contributed by atoms with E-state index in [-0.39, 0.29) is 18.3 Å². The summed E-state index contributed by atoms with van der Waals surface area (Å²) in [7, 11) is 0. The van der Waals surface area contributed by atoms with Crippen LogP contribution in [0.15, 0.2) is 22.7 Å². The molecular formula is C14H19BrO3. The maximum atomic E-state index is 11.5. The van der Waals surface area contributed by atoms with Gasteiger partial charge in [-0.25, -0.2) is 0 Å². The van der Waals surface area contributed by atoms with E-state index in [2.05, 4.69) is 15.9 Å². The number of benzene rings is 1. The summed E-state index contributed by atoms with van der Waals surface area (Å²) in [5.74, 6) is 0.518. The lowest BCUT2D eigenvalue weighted by Gasteiger charge is -2.27. The lowest BCUT2D eigenvalue weighted by atomic mass is 9.94. The summed E-state index contributed by atoms with van der Waals surface area (Å²) >= 11 is 3.34. The molecule has 0 aliphatic rings. The lowest BCUT2D eigenvalue weighted by molar-refractivity contribution is -0.0268. The van der Waals surface area contributed by atoms with Crippen LogP contribution >= 0.6 is 15.9 Å². The maximum absolute atomic E-state index is 11.5. The number of rotatable bonds is 5. The zero-order chi connectivity index (χ0) is 13.9. The quantitative estimate of drug-likeness (QED) is 0.847. The molecule has 1 unspecified atom stereocenters. The Labute approximate surface area is 116 Å². The number of hydrogen-bond donors (Lipinski definition) is 1. The fourth-order valence-corrected chi connectivity index (χ4v) is 1.64. The zero-order valence-corrected chi connectivity index (χ0v) is 12.7. The standard InChI is InChI=1S/C14H19BrO3/c1-9(2)14(4,17)8-18-13-7-11(15)5-6-12(13)10(3)16/h5-7,9,17H,8H2,1-4H3. The van der Waals surface area contributed by atoms with Gasteiger partial charge in [-0.3, -0.25) is 4.79 Å². The van der Waals surface area contributed by atoms with Crippen molar-refractivity contribution >= 4 is 21.7 Å². The molecule has 0 spiro atoms. The van der Waals surface area contributed by atoms with E-state index in [9.17, 15) is 9.90 Å². The van der Waals surface area contributed by atoms with Gasteiger partial charge in [-0.1, -0.05) is 29.8 Å². The highest BCUT2D eigenvalue weighted by Crippen LogP contribution is 2.26. The first-order valence-corrected chi connectivity index (χ1v) is 6.69. The zero-order valence-electron chi connectivity index (χ0n) is 11.2. The van der Waals surface area contributed by atoms with Crippen LogP contribution in [-0.4, -0.2) is 23.1 Å². The second-order valence-electron chi connectivity index (χ2n) is 5.00. The van der Waals surface area contributed by atoms with Gasteiger partial charge in [0.05, 0.1) is 11.2 Å². The van der Waals surface area contributed by atoms with E-state index in [0.29, 0.717) is 11.3 Å². The van der Waals surface area contributed by atoms with Gasteiger partial charge in [0.25, 0.3) is 0 Å². The van der Waals surface area contributed by atoms with Gasteiger partial charge in [-0.05, 0) is 38.0 Å². The molecular weight excluding hydrogens is 296 g/mol. The number of ether oxygens (including phenoxy) is 1. The molecule has 4 heteroatoms. The third-order valence-corrected chi connectivity index (χ3v) is 3.58. The fourth-order valence-electron chi connectivity index (χ4n) is 1.30. The Morgan fingerprint density at radius 1 is 1.50 bits per heavy atom. The van der Waals surface area contributed by atoms with E-state index < -0.39 is 5.60 Å². The number of Topliss-reactive ketones (excluding diaryl/α,β-unsaturated/α-hetero) is 1. The number of ketones is 1. The van der Waals surface area contributed by atoms with Crippen molar-refractivity contribution in [1.29, 1.82) is 0 Å². The summed E-state index contributed by atoms with van der Waals surface area (Å²) in [5, 5.41) is 10.1. The number of hydrogen-bond acceptors (Lipinski definition) is 3. The predicted molar refractivity (Wildman–Crippen MR) is 75.1 cm³/mol. The third kappa shape index (κ3) is 3.82. The topological polar surface area (TPSA) is 46.5 Å². The molecule has 0 radical (unpaired) electrons. The highest BCUT2D eigenvalue weighted by atomic mass is 79.9. The summed E-state index contributed by atoms with van der Waals surface area (Å²) in [6, 6.07) is 5.25. The molecule has 0 aliphatic heterocycles. The van der Waals surface area contributed by atoms with E-state index in [0.717, 1.165) is 4.47 Å². The van der Waals surface area contributed by atoms with E-state index >= 15 is 0 Å². The molecule has 0 fully saturated rings. The molecule has 1 rings (SSSR count). The molecule has 1 aromatic carbocycles. The Bertz CT molecular complexity index is 439. The Balaban J connectivity index is 2.90. The van der Waals surface area contributed by atoms with E-state index in [4.69, 9.17) is 4.74 Å². The number of carbonyl (C=O) groups excluding carboxylic acids is 1. The molecule has 0 aromatic heterocycles. The van der Waals surface area contributed by atoms with Gasteiger partial charge in [0.1, 0.15) is 12.4 Å². The molecule has 3 nitrogen and oxygen atoms in total. The highest BCUT2D eigenvalue weighted by Gasteiger charge is 2.26. The number of halogens is 1. The number of aliphatic hydroxyl groups is 1. The van der Waals surface area contributed by atoms with E-state index in [1.54, 1.807) is 25.1 Å². The van der Waals surface area contributed by atoms with Crippen molar-refractivity contribution < 1.29 is 14.6 Å². The Hall–Kier alpha value is -0.870. The summed E-state index contributed by atoms with van der Waals surface area (Å²) < 4.78 is 6.44.